The molecule has 0 fully saturated rings. The van der Waals surface area contributed by atoms with Crippen LogP contribution < -0.4 is 0 Å². The molecule has 69 heavy (non-hydrogen) atoms. The normalized spacial score (nSPS) is 11.7. The highest BCUT2D eigenvalue weighted by Gasteiger charge is 2.00. The summed E-state index contributed by atoms with van der Waals surface area (Å²) < 4.78 is 98.8. The number of hydrogen-bond acceptors (Lipinski definition) is 19. The van der Waals surface area contributed by atoms with E-state index >= 15 is 0 Å². The summed E-state index contributed by atoms with van der Waals surface area (Å²) in [6, 6.07) is 0. The first-order chi connectivity index (χ1) is 34.4. The highest BCUT2D eigenvalue weighted by Crippen LogP contribution is 2.12. The average molecular weight is 1010 g/mol. The summed E-state index contributed by atoms with van der Waals surface area (Å²) in [5.74, 6) is 0. The van der Waals surface area contributed by atoms with Gasteiger partial charge in [-0.2, -0.15) is 0 Å². The quantitative estimate of drug-likeness (QED) is 0.0804. The predicted molar refractivity (Wildman–Crippen MR) is 263 cm³/mol. The van der Waals surface area contributed by atoms with Crippen LogP contribution in [0.1, 0.15) is 84.0 Å². The van der Waals surface area contributed by atoms with Crippen LogP contribution in [0.25, 0.3) is 0 Å². The summed E-state index contributed by atoms with van der Waals surface area (Å²) in [6.45, 7) is 20.8. The second-order valence-electron chi connectivity index (χ2n) is 15.6. The number of hydrogen-bond donors (Lipinski definition) is 1. The molecule has 0 aliphatic rings. The summed E-state index contributed by atoms with van der Waals surface area (Å²) in [7, 11) is 0. The van der Waals surface area contributed by atoms with Gasteiger partial charge in [0.25, 0.3) is 0 Å². The minimum atomic E-state index is 0.0214. The van der Waals surface area contributed by atoms with Crippen molar-refractivity contribution in [1.29, 1.82) is 0 Å². The van der Waals surface area contributed by atoms with Crippen molar-refractivity contribution < 1.29 is 90.4 Å². The molecule has 0 aliphatic heterocycles. The van der Waals surface area contributed by atoms with Crippen LogP contribution in [0, 0.1) is 0 Å². The van der Waals surface area contributed by atoms with Gasteiger partial charge in [0.1, 0.15) is 0 Å². The Hall–Kier alpha value is -0.760. The first-order valence-corrected chi connectivity index (χ1v) is 26.4. The van der Waals surface area contributed by atoms with E-state index in [0.717, 1.165) is 13.0 Å². The molecule has 0 aliphatic carbocycles. The molecule has 0 amide bonds. The summed E-state index contributed by atoms with van der Waals surface area (Å²) >= 11 is 0. The Morgan fingerprint density at radius 2 is 0.290 bits per heavy atom. The van der Waals surface area contributed by atoms with Gasteiger partial charge in [0.15, 0.2) is 0 Å². The van der Waals surface area contributed by atoms with Crippen molar-refractivity contribution in [1.82, 2.24) is 0 Å². The van der Waals surface area contributed by atoms with Gasteiger partial charge < -0.3 is 90.4 Å². The van der Waals surface area contributed by atoms with Crippen LogP contribution in [0.4, 0.5) is 0 Å². The van der Waals surface area contributed by atoms with Crippen molar-refractivity contribution in [2.24, 2.45) is 0 Å². The molecule has 0 rings (SSSR count). The second kappa shape index (κ2) is 67.2. The van der Waals surface area contributed by atoms with E-state index in [1.54, 1.807) is 0 Å². The first-order valence-electron chi connectivity index (χ1n) is 26.4. The van der Waals surface area contributed by atoms with Gasteiger partial charge in [0.05, 0.1) is 238 Å². The number of unbranched alkanes of at least 4 members (excludes halogenated alkanes) is 11. The highest BCUT2D eigenvalue weighted by molar-refractivity contribution is 4.49. The van der Waals surface area contributed by atoms with E-state index < -0.39 is 0 Å². The molecule has 0 atom stereocenters. The molecule has 0 spiro atoms. The Labute approximate surface area is 417 Å². The van der Waals surface area contributed by atoms with Crippen molar-refractivity contribution in [2.45, 2.75) is 84.0 Å². The third-order valence-corrected chi connectivity index (χ3v) is 9.70. The van der Waals surface area contributed by atoms with E-state index in [4.69, 9.17) is 90.4 Å². The Kier molecular flexibility index (Phi) is 66.5. The maximum atomic E-state index is 8.61. The zero-order chi connectivity index (χ0) is 49.4. The van der Waals surface area contributed by atoms with Gasteiger partial charge in [0, 0.05) is 6.61 Å². The first kappa shape index (κ1) is 68.2. The minimum Gasteiger partial charge on any atom is -0.394 e. The van der Waals surface area contributed by atoms with Crippen LogP contribution in [-0.2, 0) is 85.3 Å². The Bertz CT molecular complexity index is 805. The van der Waals surface area contributed by atoms with Crippen molar-refractivity contribution in [3.8, 4) is 0 Å². The van der Waals surface area contributed by atoms with Gasteiger partial charge in [-0.05, 0) is 6.42 Å². The number of aliphatic hydroxyl groups is 1. The van der Waals surface area contributed by atoms with E-state index in [0.29, 0.717) is 231 Å². The highest BCUT2D eigenvalue weighted by atomic mass is 16.6. The van der Waals surface area contributed by atoms with Gasteiger partial charge in [-0.15, -0.1) is 0 Å². The molecule has 0 bridgehead atoms. The van der Waals surface area contributed by atoms with Crippen molar-refractivity contribution in [3.05, 3.63) is 0 Å². The van der Waals surface area contributed by atoms with Gasteiger partial charge in [-0.25, -0.2) is 0 Å². The fourth-order valence-corrected chi connectivity index (χ4v) is 5.95. The van der Waals surface area contributed by atoms with Gasteiger partial charge in [-0.1, -0.05) is 77.6 Å². The summed E-state index contributed by atoms with van der Waals surface area (Å²) in [5, 5.41) is 8.61. The minimum absolute atomic E-state index is 0.0214. The Morgan fingerprint density at radius 3 is 0.449 bits per heavy atom. The van der Waals surface area contributed by atoms with Crippen LogP contribution in [0.2, 0.25) is 0 Å². The second-order valence-corrected chi connectivity index (χ2v) is 15.6. The van der Waals surface area contributed by atoms with E-state index in [1.165, 1.54) is 70.6 Å². The lowest BCUT2D eigenvalue weighted by Gasteiger charge is -2.09. The van der Waals surface area contributed by atoms with Crippen molar-refractivity contribution in [2.75, 3.05) is 244 Å². The zero-order valence-electron chi connectivity index (χ0n) is 43.4. The number of aliphatic hydroxyl groups excluding tert-OH is 1. The molecule has 0 aromatic heterocycles. The number of ether oxygens (including phenoxy) is 18. The standard InChI is InChI=1S/C50H102O19/c1-2-3-4-5-6-7-8-9-10-11-12-13-15-52-17-19-54-21-23-56-25-27-58-29-31-60-33-35-62-37-39-64-41-43-66-45-47-68-49-50-69-48-46-67-44-42-65-40-38-63-36-34-61-32-30-59-28-26-57-24-22-55-20-18-53-16-14-51/h51H,2-50H2,1H3. The van der Waals surface area contributed by atoms with Crippen molar-refractivity contribution >= 4 is 0 Å². The van der Waals surface area contributed by atoms with Crippen LogP contribution in [0.3, 0.4) is 0 Å². The summed E-state index contributed by atoms with van der Waals surface area (Å²) in [6.07, 6.45) is 16.3. The molecular formula is C50H102O19. The van der Waals surface area contributed by atoms with Crippen LogP contribution in [0.15, 0.2) is 0 Å². The van der Waals surface area contributed by atoms with Gasteiger partial charge >= 0.3 is 0 Å². The molecule has 416 valence electrons. The smallest absolute Gasteiger partial charge is 0.0701 e. The molecule has 0 aromatic rings. The lowest BCUT2D eigenvalue weighted by molar-refractivity contribution is -0.0310. The predicted octanol–water partition coefficient (Wildman–Crippen LogP) is 4.98. The number of rotatable bonds is 66. The average Bonchev–Trinajstić information content (AvgIpc) is 3.36. The molecular weight excluding hydrogens is 905 g/mol. The zero-order valence-corrected chi connectivity index (χ0v) is 43.4. The Morgan fingerprint density at radius 1 is 0.159 bits per heavy atom. The molecule has 0 aromatic carbocycles. The largest absolute Gasteiger partial charge is 0.394 e. The molecule has 0 saturated heterocycles. The third kappa shape index (κ3) is 67.2. The SMILES string of the molecule is CCCCCCCCCCCCCCOCCOCCOCCOCCOCCOCCOCCOCCOCCOCCOCCOCCOCCOCCOCCOCCOCCOCCO. The fourth-order valence-electron chi connectivity index (χ4n) is 5.95. The maximum Gasteiger partial charge on any atom is 0.0701 e. The molecule has 0 saturated carbocycles. The van der Waals surface area contributed by atoms with E-state index in [-0.39, 0.29) is 6.61 Å². The van der Waals surface area contributed by atoms with E-state index in [1.807, 2.05) is 0 Å². The monoisotopic (exact) mass is 1010 g/mol. The van der Waals surface area contributed by atoms with Crippen LogP contribution >= 0.6 is 0 Å². The van der Waals surface area contributed by atoms with E-state index in [2.05, 4.69) is 6.92 Å². The maximum absolute atomic E-state index is 8.61. The topological polar surface area (TPSA) is 186 Å². The van der Waals surface area contributed by atoms with Crippen molar-refractivity contribution in [3.63, 3.8) is 0 Å². The molecule has 0 unspecified atom stereocenters. The molecule has 19 heteroatoms. The van der Waals surface area contributed by atoms with E-state index in [9.17, 15) is 0 Å². The van der Waals surface area contributed by atoms with Crippen LogP contribution in [0.5, 0.6) is 0 Å². The van der Waals surface area contributed by atoms with Gasteiger partial charge in [0.2, 0.25) is 0 Å². The molecule has 1 N–H and O–H groups in total. The lowest BCUT2D eigenvalue weighted by atomic mass is 10.1. The summed E-state index contributed by atoms with van der Waals surface area (Å²) in [4.78, 5) is 0. The van der Waals surface area contributed by atoms with Gasteiger partial charge in [-0.3, -0.25) is 0 Å². The summed E-state index contributed by atoms with van der Waals surface area (Å²) in [5.41, 5.74) is 0. The van der Waals surface area contributed by atoms with Crippen LogP contribution in [-0.4, -0.2) is 250 Å². The third-order valence-electron chi connectivity index (χ3n) is 9.70. The molecule has 0 heterocycles. The lowest BCUT2D eigenvalue weighted by Crippen LogP contribution is -2.16. The fraction of sp³-hybridized carbons (Fsp3) is 1.00. The Balaban J connectivity index is 3.07. The molecule has 19 nitrogen and oxygen atoms in total. The molecule has 0 radical (unpaired) electrons.